The smallest absolute Gasteiger partial charge is 0.232 e. The molecule has 110 valence electrons. The maximum absolute atomic E-state index is 12.2. The van der Waals surface area contributed by atoms with E-state index in [0.29, 0.717) is 18.0 Å². The van der Waals surface area contributed by atoms with Crippen LogP contribution in [0.15, 0.2) is 57.9 Å². The van der Waals surface area contributed by atoms with Crippen molar-refractivity contribution in [1.29, 1.82) is 0 Å². The Morgan fingerprint density at radius 3 is 2.71 bits per heavy atom. The predicted molar refractivity (Wildman–Crippen MR) is 92.2 cm³/mol. The molecule has 0 unspecified atom stereocenters. The van der Waals surface area contributed by atoms with Crippen LogP contribution in [0.4, 0.5) is 5.69 Å². The highest BCUT2D eigenvalue weighted by atomic mass is 79.9. The van der Waals surface area contributed by atoms with Gasteiger partial charge in [0, 0.05) is 28.6 Å². The van der Waals surface area contributed by atoms with Gasteiger partial charge in [-0.05, 0) is 29.8 Å². The Kier molecular flexibility index (Phi) is 5.70. The first-order valence-electron chi connectivity index (χ1n) is 6.52. The van der Waals surface area contributed by atoms with Crippen LogP contribution < -0.4 is 5.73 Å². The molecule has 2 rings (SSSR count). The van der Waals surface area contributed by atoms with E-state index in [0.717, 1.165) is 14.9 Å². The molecule has 2 N–H and O–H groups in total. The van der Waals surface area contributed by atoms with E-state index in [1.54, 1.807) is 4.90 Å². The number of anilines is 1. The van der Waals surface area contributed by atoms with Crippen molar-refractivity contribution in [3.8, 4) is 0 Å². The number of carbonyl (C=O) groups is 1. The summed E-state index contributed by atoms with van der Waals surface area (Å²) in [5.74, 6) is 0.503. The van der Waals surface area contributed by atoms with Gasteiger partial charge in [-0.25, -0.2) is 0 Å². The molecule has 21 heavy (non-hydrogen) atoms. The quantitative estimate of drug-likeness (QED) is 0.648. The molecule has 0 aliphatic rings. The van der Waals surface area contributed by atoms with Crippen LogP contribution in [-0.2, 0) is 11.3 Å². The van der Waals surface area contributed by atoms with Crippen molar-refractivity contribution in [3.63, 3.8) is 0 Å². The summed E-state index contributed by atoms with van der Waals surface area (Å²) in [5, 5.41) is 0. The summed E-state index contributed by atoms with van der Waals surface area (Å²) in [6.45, 7) is 0.595. The van der Waals surface area contributed by atoms with Crippen molar-refractivity contribution >= 4 is 39.3 Å². The molecular formula is C16H17BrN2OS. The third-order valence-corrected chi connectivity index (χ3v) is 4.76. The molecule has 0 aliphatic heterocycles. The van der Waals surface area contributed by atoms with Gasteiger partial charge in [0.15, 0.2) is 0 Å². The second-order valence-corrected chi connectivity index (χ2v) is 6.61. The zero-order chi connectivity index (χ0) is 15.2. The Morgan fingerprint density at radius 2 is 2.00 bits per heavy atom. The zero-order valence-corrected chi connectivity index (χ0v) is 14.2. The molecular weight excluding hydrogens is 348 g/mol. The number of nitrogens with two attached hydrogens (primary N) is 1. The minimum absolute atomic E-state index is 0.0955. The molecule has 0 spiro atoms. The number of halogens is 1. The first kappa shape index (κ1) is 15.9. The number of benzene rings is 2. The van der Waals surface area contributed by atoms with Gasteiger partial charge in [-0.1, -0.05) is 40.2 Å². The van der Waals surface area contributed by atoms with E-state index in [1.807, 2.05) is 55.6 Å². The fourth-order valence-corrected chi connectivity index (χ4v) is 3.14. The maximum Gasteiger partial charge on any atom is 0.232 e. The minimum Gasteiger partial charge on any atom is -0.399 e. The molecule has 0 bridgehead atoms. The number of nitrogen functional groups attached to an aromatic ring is 1. The summed E-state index contributed by atoms with van der Waals surface area (Å²) >= 11 is 5.00. The third-order valence-electron chi connectivity index (χ3n) is 3.01. The topological polar surface area (TPSA) is 46.3 Å². The number of hydrogen-bond acceptors (Lipinski definition) is 3. The number of carbonyl (C=O) groups excluding carboxylic acids is 1. The first-order chi connectivity index (χ1) is 10.1. The van der Waals surface area contributed by atoms with E-state index in [2.05, 4.69) is 15.9 Å². The lowest BCUT2D eigenvalue weighted by Gasteiger charge is -2.18. The van der Waals surface area contributed by atoms with Crippen LogP contribution in [0.2, 0.25) is 0 Å². The normalized spacial score (nSPS) is 10.4. The first-order valence-corrected chi connectivity index (χ1v) is 8.30. The second-order valence-electron chi connectivity index (χ2n) is 4.70. The van der Waals surface area contributed by atoms with Crippen LogP contribution >= 0.6 is 27.7 Å². The Balaban J connectivity index is 1.90. The lowest BCUT2D eigenvalue weighted by molar-refractivity contribution is -0.127. The number of hydrogen-bond donors (Lipinski definition) is 1. The highest BCUT2D eigenvalue weighted by molar-refractivity contribution is 9.10. The van der Waals surface area contributed by atoms with Crippen molar-refractivity contribution in [1.82, 2.24) is 4.90 Å². The van der Waals surface area contributed by atoms with Crippen molar-refractivity contribution < 1.29 is 4.79 Å². The highest BCUT2D eigenvalue weighted by Gasteiger charge is 2.11. The summed E-state index contributed by atoms with van der Waals surface area (Å²) in [5.41, 5.74) is 7.55. The molecule has 0 atom stereocenters. The van der Waals surface area contributed by atoms with Gasteiger partial charge in [-0.2, -0.15) is 0 Å². The maximum atomic E-state index is 12.2. The van der Waals surface area contributed by atoms with E-state index in [1.165, 1.54) is 11.8 Å². The molecule has 5 heteroatoms. The summed E-state index contributed by atoms with van der Waals surface area (Å²) in [6.07, 6.45) is 0. The third kappa shape index (κ3) is 4.79. The molecule has 0 fully saturated rings. The summed E-state index contributed by atoms with van der Waals surface area (Å²) in [4.78, 5) is 14.9. The van der Waals surface area contributed by atoms with E-state index >= 15 is 0 Å². The van der Waals surface area contributed by atoms with Crippen LogP contribution in [-0.4, -0.2) is 23.6 Å². The highest BCUT2D eigenvalue weighted by Crippen LogP contribution is 2.21. The van der Waals surface area contributed by atoms with Crippen molar-refractivity contribution in [2.45, 2.75) is 11.4 Å². The molecule has 0 radical (unpaired) electrons. The monoisotopic (exact) mass is 364 g/mol. The van der Waals surface area contributed by atoms with Crippen LogP contribution in [0, 0.1) is 0 Å². The van der Waals surface area contributed by atoms with Gasteiger partial charge in [0.1, 0.15) is 0 Å². The molecule has 2 aromatic carbocycles. The standard InChI is InChI=1S/C16H17BrN2OS/c1-19(10-12-5-2-3-8-15(12)17)16(20)11-21-14-7-4-6-13(18)9-14/h2-9H,10-11,18H2,1H3. The molecule has 0 heterocycles. The molecule has 2 aromatic rings. The van der Waals surface area contributed by atoms with Gasteiger partial charge < -0.3 is 10.6 Å². The number of amides is 1. The Morgan fingerprint density at radius 1 is 1.24 bits per heavy atom. The van der Waals surface area contributed by atoms with Gasteiger partial charge in [-0.3, -0.25) is 4.79 Å². The van der Waals surface area contributed by atoms with E-state index in [-0.39, 0.29) is 5.91 Å². The van der Waals surface area contributed by atoms with Gasteiger partial charge in [0.25, 0.3) is 0 Å². The summed E-state index contributed by atoms with van der Waals surface area (Å²) in [6, 6.07) is 15.5. The lowest BCUT2D eigenvalue weighted by atomic mass is 10.2. The van der Waals surface area contributed by atoms with Gasteiger partial charge in [-0.15, -0.1) is 11.8 Å². The molecule has 0 aromatic heterocycles. The Bertz CT molecular complexity index is 633. The van der Waals surface area contributed by atoms with Crippen LogP contribution in [0.25, 0.3) is 0 Å². The second kappa shape index (κ2) is 7.52. The Hall–Kier alpha value is -1.46. The van der Waals surface area contributed by atoms with Crippen molar-refractivity contribution in [3.05, 3.63) is 58.6 Å². The predicted octanol–water partition coefficient (Wildman–Crippen LogP) is 3.78. The van der Waals surface area contributed by atoms with Crippen LogP contribution in [0.1, 0.15) is 5.56 Å². The summed E-state index contributed by atoms with van der Waals surface area (Å²) < 4.78 is 1.02. The van der Waals surface area contributed by atoms with E-state index < -0.39 is 0 Å². The number of thioether (sulfide) groups is 1. The van der Waals surface area contributed by atoms with Crippen LogP contribution in [0.3, 0.4) is 0 Å². The number of rotatable bonds is 5. The molecule has 0 aliphatic carbocycles. The average molecular weight is 365 g/mol. The average Bonchev–Trinajstić information content (AvgIpc) is 2.47. The molecule has 1 amide bonds. The van der Waals surface area contributed by atoms with Gasteiger partial charge >= 0.3 is 0 Å². The minimum atomic E-state index is 0.0955. The fraction of sp³-hybridized carbons (Fsp3) is 0.188. The summed E-state index contributed by atoms with van der Waals surface area (Å²) in [7, 11) is 1.82. The molecule has 3 nitrogen and oxygen atoms in total. The SMILES string of the molecule is CN(Cc1ccccc1Br)C(=O)CSc1cccc(N)c1. The van der Waals surface area contributed by atoms with E-state index in [4.69, 9.17) is 5.73 Å². The fourth-order valence-electron chi connectivity index (χ4n) is 1.83. The lowest BCUT2D eigenvalue weighted by Crippen LogP contribution is -2.27. The van der Waals surface area contributed by atoms with E-state index in [9.17, 15) is 4.79 Å². The molecule has 0 saturated heterocycles. The van der Waals surface area contributed by atoms with Crippen LogP contribution in [0.5, 0.6) is 0 Å². The zero-order valence-electron chi connectivity index (χ0n) is 11.8. The van der Waals surface area contributed by atoms with Crippen molar-refractivity contribution in [2.24, 2.45) is 0 Å². The largest absolute Gasteiger partial charge is 0.399 e. The van der Waals surface area contributed by atoms with Crippen molar-refractivity contribution in [2.75, 3.05) is 18.5 Å². The number of nitrogens with zero attached hydrogens (tertiary/aromatic N) is 1. The van der Waals surface area contributed by atoms with Gasteiger partial charge in [0.2, 0.25) is 5.91 Å². The molecule has 0 saturated carbocycles. The van der Waals surface area contributed by atoms with Gasteiger partial charge in [0.05, 0.1) is 5.75 Å². The Labute approximate surface area is 137 Å².